The van der Waals surface area contributed by atoms with Gasteiger partial charge in [0.05, 0.1) is 0 Å². The van der Waals surface area contributed by atoms with E-state index in [1.54, 1.807) is 0 Å². The lowest BCUT2D eigenvalue weighted by Gasteiger charge is -2.20. The maximum atomic E-state index is 5.77. The lowest BCUT2D eigenvalue weighted by atomic mass is 10.1. The number of rotatable bonds is 6. The Hall–Kier alpha value is -1.61. The van der Waals surface area contributed by atoms with Crippen molar-refractivity contribution in [3.05, 3.63) is 49.2 Å². The number of aromatic nitrogens is 1. The molecule has 3 nitrogen and oxygen atoms in total. The number of pyridine rings is 1. The molecule has 1 aromatic heterocycles. The molecule has 0 aliphatic heterocycles. The van der Waals surface area contributed by atoms with E-state index in [4.69, 9.17) is 5.73 Å². The Balaban J connectivity index is 2.84. The van der Waals surface area contributed by atoms with E-state index in [0.717, 1.165) is 24.5 Å². The molecule has 0 saturated heterocycles. The number of nitrogens with two attached hydrogens (primary N) is 1. The Morgan fingerprint density at radius 3 is 2.38 bits per heavy atom. The predicted molar refractivity (Wildman–Crippen MR) is 69.4 cm³/mol. The van der Waals surface area contributed by atoms with Crippen LogP contribution < -0.4 is 10.6 Å². The molecule has 0 aliphatic carbocycles. The number of anilines is 1. The molecule has 1 atom stereocenters. The predicted octanol–water partition coefficient (Wildman–Crippen LogP) is 2.28. The minimum Gasteiger partial charge on any atom is -0.349 e. The maximum absolute atomic E-state index is 5.77. The zero-order valence-corrected chi connectivity index (χ0v) is 9.76. The number of nitrogens with zero attached hydrogens (tertiary/aromatic N) is 2. The van der Waals surface area contributed by atoms with E-state index in [2.05, 4.69) is 23.0 Å². The van der Waals surface area contributed by atoms with Gasteiger partial charge in [0.1, 0.15) is 5.82 Å². The number of hydrogen-bond acceptors (Lipinski definition) is 3. The second-order valence-electron chi connectivity index (χ2n) is 3.72. The van der Waals surface area contributed by atoms with Crippen LogP contribution >= 0.6 is 0 Å². The van der Waals surface area contributed by atoms with E-state index in [0.29, 0.717) is 0 Å². The van der Waals surface area contributed by atoms with Crippen molar-refractivity contribution in [3.63, 3.8) is 0 Å². The molecule has 0 bridgehead atoms. The van der Waals surface area contributed by atoms with Crippen LogP contribution in [0.5, 0.6) is 0 Å². The monoisotopic (exact) mass is 217 g/mol. The molecule has 0 aromatic carbocycles. The van der Waals surface area contributed by atoms with Crippen molar-refractivity contribution in [2.45, 2.75) is 13.0 Å². The maximum Gasteiger partial charge on any atom is 0.129 e. The van der Waals surface area contributed by atoms with E-state index in [9.17, 15) is 0 Å². The Bertz CT molecular complexity index is 331. The Morgan fingerprint density at radius 2 is 2.00 bits per heavy atom. The summed E-state index contributed by atoms with van der Waals surface area (Å²) < 4.78 is 0. The van der Waals surface area contributed by atoms with Crippen LogP contribution in [0.2, 0.25) is 0 Å². The van der Waals surface area contributed by atoms with Gasteiger partial charge in [-0.05, 0) is 18.6 Å². The molecule has 0 radical (unpaired) electrons. The zero-order valence-electron chi connectivity index (χ0n) is 9.76. The largest absolute Gasteiger partial charge is 0.349 e. The van der Waals surface area contributed by atoms with Gasteiger partial charge in [0.15, 0.2) is 0 Å². The van der Waals surface area contributed by atoms with Crippen LogP contribution in [0.15, 0.2) is 43.6 Å². The SMILES string of the molecule is C=CCN(CC=C)c1ccc(C(C)N)cn1. The molecule has 1 rings (SSSR count). The highest BCUT2D eigenvalue weighted by molar-refractivity contribution is 5.41. The normalized spacial score (nSPS) is 11.9. The van der Waals surface area contributed by atoms with Crippen molar-refractivity contribution in [2.75, 3.05) is 18.0 Å². The first-order valence-corrected chi connectivity index (χ1v) is 5.37. The van der Waals surface area contributed by atoms with E-state index in [-0.39, 0.29) is 6.04 Å². The topological polar surface area (TPSA) is 42.1 Å². The summed E-state index contributed by atoms with van der Waals surface area (Å²) in [6.07, 6.45) is 5.52. The summed E-state index contributed by atoms with van der Waals surface area (Å²) in [7, 11) is 0. The molecular formula is C13H19N3. The van der Waals surface area contributed by atoms with Gasteiger partial charge in [-0.25, -0.2) is 4.98 Å². The third-order valence-electron chi connectivity index (χ3n) is 2.32. The summed E-state index contributed by atoms with van der Waals surface area (Å²) >= 11 is 0. The molecule has 0 fully saturated rings. The van der Waals surface area contributed by atoms with Crippen molar-refractivity contribution in [1.29, 1.82) is 0 Å². The summed E-state index contributed by atoms with van der Waals surface area (Å²) in [6, 6.07) is 4.01. The van der Waals surface area contributed by atoms with Crippen LogP contribution in [0.4, 0.5) is 5.82 Å². The van der Waals surface area contributed by atoms with Gasteiger partial charge in [-0.15, -0.1) is 13.2 Å². The molecule has 3 heteroatoms. The van der Waals surface area contributed by atoms with Crippen LogP contribution in [0.25, 0.3) is 0 Å². The van der Waals surface area contributed by atoms with Crippen LogP contribution in [-0.4, -0.2) is 18.1 Å². The lowest BCUT2D eigenvalue weighted by molar-refractivity contribution is 0.808. The summed E-state index contributed by atoms with van der Waals surface area (Å²) in [6.45, 7) is 10.9. The van der Waals surface area contributed by atoms with Crippen molar-refractivity contribution in [1.82, 2.24) is 4.98 Å². The first-order valence-electron chi connectivity index (χ1n) is 5.37. The Morgan fingerprint density at radius 1 is 1.38 bits per heavy atom. The standard InChI is InChI=1S/C13H19N3/c1-4-8-16(9-5-2)13-7-6-12(10-15-13)11(3)14/h4-7,10-11H,1-2,8-9,14H2,3H3. The van der Waals surface area contributed by atoms with E-state index < -0.39 is 0 Å². The fourth-order valence-electron chi connectivity index (χ4n) is 1.43. The minimum absolute atomic E-state index is 0.0220. The molecule has 0 saturated carbocycles. The average molecular weight is 217 g/mol. The zero-order chi connectivity index (χ0) is 12.0. The fraction of sp³-hybridized carbons (Fsp3) is 0.308. The van der Waals surface area contributed by atoms with Crippen LogP contribution in [0, 0.1) is 0 Å². The molecule has 0 spiro atoms. The van der Waals surface area contributed by atoms with Crippen molar-refractivity contribution in [3.8, 4) is 0 Å². The molecule has 16 heavy (non-hydrogen) atoms. The molecule has 0 aliphatic rings. The molecular weight excluding hydrogens is 198 g/mol. The highest BCUT2D eigenvalue weighted by Crippen LogP contribution is 2.14. The van der Waals surface area contributed by atoms with Gasteiger partial charge < -0.3 is 10.6 Å². The highest BCUT2D eigenvalue weighted by atomic mass is 15.2. The smallest absolute Gasteiger partial charge is 0.129 e. The van der Waals surface area contributed by atoms with Crippen molar-refractivity contribution in [2.24, 2.45) is 5.73 Å². The van der Waals surface area contributed by atoms with Gasteiger partial charge >= 0.3 is 0 Å². The van der Waals surface area contributed by atoms with Crippen molar-refractivity contribution < 1.29 is 0 Å². The molecule has 1 aromatic rings. The molecule has 2 N–H and O–H groups in total. The van der Waals surface area contributed by atoms with Crippen molar-refractivity contribution >= 4 is 5.82 Å². The molecule has 86 valence electrons. The number of hydrogen-bond donors (Lipinski definition) is 1. The highest BCUT2D eigenvalue weighted by Gasteiger charge is 2.05. The van der Waals surface area contributed by atoms with Crippen LogP contribution in [-0.2, 0) is 0 Å². The summed E-state index contributed by atoms with van der Waals surface area (Å²) in [5.41, 5.74) is 6.81. The summed E-state index contributed by atoms with van der Waals surface area (Å²) in [5, 5.41) is 0. The first-order chi connectivity index (χ1) is 7.69. The van der Waals surface area contributed by atoms with E-state index >= 15 is 0 Å². The lowest BCUT2D eigenvalue weighted by Crippen LogP contribution is -2.24. The Labute approximate surface area is 97.3 Å². The Kier molecular flexibility index (Phi) is 4.73. The van der Waals surface area contributed by atoms with Crippen LogP contribution in [0.1, 0.15) is 18.5 Å². The second kappa shape index (κ2) is 6.08. The van der Waals surface area contributed by atoms with Gasteiger partial charge in [-0.2, -0.15) is 0 Å². The summed E-state index contributed by atoms with van der Waals surface area (Å²) in [5.74, 6) is 0.921. The van der Waals surface area contributed by atoms with Gasteiger partial charge in [0.25, 0.3) is 0 Å². The minimum atomic E-state index is 0.0220. The van der Waals surface area contributed by atoms with E-state index in [1.807, 2.05) is 37.4 Å². The molecule has 1 heterocycles. The third-order valence-corrected chi connectivity index (χ3v) is 2.32. The van der Waals surface area contributed by atoms with Crippen LogP contribution in [0.3, 0.4) is 0 Å². The molecule has 0 amide bonds. The summed E-state index contributed by atoms with van der Waals surface area (Å²) in [4.78, 5) is 6.48. The average Bonchev–Trinajstić information content (AvgIpc) is 2.29. The van der Waals surface area contributed by atoms with Gasteiger partial charge in [-0.1, -0.05) is 18.2 Å². The quantitative estimate of drug-likeness (QED) is 0.743. The van der Waals surface area contributed by atoms with E-state index in [1.165, 1.54) is 0 Å². The van der Waals surface area contributed by atoms with Gasteiger partial charge in [0.2, 0.25) is 0 Å². The molecule has 1 unspecified atom stereocenters. The fourth-order valence-corrected chi connectivity index (χ4v) is 1.43. The third kappa shape index (κ3) is 3.21. The second-order valence-corrected chi connectivity index (χ2v) is 3.72. The van der Waals surface area contributed by atoms with Gasteiger partial charge in [-0.3, -0.25) is 0 Å². The van der Waals surface area contributed by atoms with Gasteiger partial charge in [0, 0.05) is 25.3 Å². The first kappa shape index (κ1) is 12.5.